The zero-order valence-corrected chi connectivity index (χ0v) is 17.7. The number of aryl methyl sites for hydroxylation is 1. The normalized spacial score (nSPS) is 23.6. The van der Waals surface area contributed by atoms with Crippen LogP contribution in [0.2, 0.25) is 0 Å². The summed E-state index contributed by atoms with van der Waals surface area (Å²) in [6.45, 7) is 8.58. The summed E-state index contributed by atoms with van der Waals surface area (Å²) >= 11 is 1.79. The minimum absolute atomic E-state index is 0.168. The molecule has 2 aliphatic rings. The third-order valence-electron chi connectivity index (χ3n) is 6.07. The van der Waals surface area contributed by atoms with Crippen LogP contribution in [0.3, 0.4) is 0 Å². The Morgan fingerprint density at radius 1 is 1.07 bits per heavy atom. The second kappa shape index (κ2) is 8.03. The second-order valence-corrected chi connectivity index (χ2v) is 9.00. The van der Waals surface area contributed by atoms with Crippen LogP contribution in [0.1, 0.15) is 11.1 Å². The monoisotopic (exact) mass is 409 g/mol. The summed E-state index contributed by atoms with van der Waals surface area (Å²) < 4.78 is 13.4. The van der Waals surface area contributed by atoms with E-state index in [-0.39, 0.29) is 5.54 Å². The van der Waals surface area contributed by atoms with E-state index in [2.05, 4.69) is 58.5 Å². The molecule has 1 spiro atoms. The molecule has 0 N–H and O–H groups in total. The quantitative estimate of drug-likeness (QED) is 0.659. The first kappa shape index (κ1) is 19.0. The largest absolute Gasteiger partial charge is 0.378 e. The van der Waals surface area contributed by atoms with Crippen molar-refractivity contribution in [3.05, 3.63) is 59.1 Å². The molecular weight excluding hydrogens is 382 g/mol. The Morgan fingerprint density at radius 2 is 1.86 bits per heavy atom. The Kier molecular flexibility index (Phi) is 5.26. The Labute approximate surface area is 175 Å². The van der Waals surface area contributed by atoms with Crippen LogP contribution in [-0.2, 0) is 16.0 Å². The topological polar surface area (TPSA) is 37.8 Å². The highest BCUT2D eigenvalue weighted by Gasteiger charge is 2.43. The second-order valence-electron chi connectivity index (χ2n) is 8.08. The van der Waals surface area contributed by atoms with E-state index in [9.17, 15) is 0 Å². The summed E-state index contributed by atoms with van der Waals surface area (Å²) in [4.78, 5) is 9.79. The molecule has 0 radical (unpaired) electrons. The van der Waals surface area contributed by atoms with Gasteiger partial charge in [-0.3, -0.25) is 4.90 Å². The third kappa shape index (κ3) is 3.66. The molecule has 1 unspecified atom stereocenters. The molecule has 5 nitrogen and oxygen atoms in total. The first-order chi connectivity index (χ1) is 14.3. The van der Waals surface area contributed by atoms with Gasteiger partial charge in [0.1, 0.15) is 5.82 Å². The highest BCUT2D eigenvalue weighted by Crippen LogP contribution is 2.35. The Morgan fingerprint density at radius 3 is 2.69 bits per heavy atom. The first-order valence-corrected chi connectivity index (χ1v) is 11.2. The van der Waals surface area contributed by atoms with Crippen LogP contribution in [-0.4, -0.2) is 61.5 Å². The summed E-state index contributed by atoms with van der Waals surface area (Å²) in [7, 11) is 0. The van der Waals surface area contributed by atoms with Crippen LogP contribution < -0.4 is 4.90 Å². The van der Waals surface area contributed by atoms with Crippen molar-refractivity contribution in [1.82, 2.24) is 9.88 Å². The van der Waals surface area contributed by atoms with E-state index < -0.39 is 0 Å². The molecule has 4 heterocycles. The fraction of sp³-hybridized carbons (Fsp3) is 0.435. The van der Waals surface area contributed by atoms with E-state index >= 15 is 0 Å². The van der Waals surface area contributed by atoms with E-state index in [1.165, 1.54) is 21.2 Å². The molecule has 6 heteroatoms. The summed E-state index contributed by atoms with van der Waals surface area (Å²) in [5.41, 5.74) is 2.46. The molecule has 2 aliphatic heterocycles. The number of aromatic nitrogens is 1. The lowest BCUT2D eigenvalue weighted by Gasteiger charge is -2.47. The molecule has 3 aromatic rings. The van der Waals surface area contributed by atoms with Crippen LogP contribution in [0.25, 0.3) is 10.1 Å². The van der Waals surface area contributed by atoms with Crippen molar-refractivity contribution in [2.75, 3.05) is 51.0 Å². The zero-order chi connectivity index (χ0) is 19.7. The molecular formula is C23H27N3O2S. The highest BCUT2D eigenvalue weighted by atomic mass is 32.1. The van der Waals surface area contributed by atoms with Gasteiger partial charge in [-0.15, -0.1) is 11.3 Å². The van der Waals surface area contributed by atoms with E-state index in [1.807, 2.05) is 6.20 Å². The molecule has 0 bridgehead atoms. The smallest absolute Gasteiger partial charge is 0.137 e. The molecule has 0 amide bonds. The van der Waals surface area contributed by atoms with Crippen LogP contribution in [0.4, 0.5) is 5.82 Å². The lowest BCUT2D eigenvalue weighted by atomic mass is 9.95. The number of pyridine rings is 1. The fourth-order valence-corrected chi connectivity index (χ4v) is 5.48. The van der Waals surface area contributed by atoms with Crippen LogP contribution in [0.15, 0.2) is 48.0 Å². The maximum atomic E-state index is 6.14. The van der Waals surface area contributed by atoms with Gasteiger partial charge in [0.25, 0.3) is 0 Å². The van der Waals surface area contributed by atoms with E-state index in [4.69, 9.17) is 14.5 Å². The number of hydrogen-bond acceptors (Lipinski definition) is 6. The van der Waals surface area contributed by atoms with Crippen molar-refractivity contribution in [2.24, 2.45) is 0 Å². The standard InChI is InChI=1S/C23H27N3O2S/c1-18-14-29-20-7-8-24-22(21(18)20)25-9-11-27-16-23(15-25)17-28-12-10-26(23)13-19-5-3-2-4-6-19/h2-8,14H,9-13,15-17H2,1H3. The number of hydrogen-bond donors (Lipinski definition) is 0. The van der Waals surface area contributed by atoms with Gasteiger partial charge in [0.05, 0.1) is 32.0 Å². The summed E-state index contributed by atoms with van der Waals surface area (Å²) in [5, 5.41) is 3.51. The van der Waals surface area contributed by atoms with Crippen LogP contribution in [0.5, 0.6) is 0 Å². The van der Waals surface area contributed by atoms with Gasteiger partial charge in [0, 0.05) is 42.5 Å². The van der Waals surface area contributed by atoms with Crippen molar-refractivity contribution in [3.8, 4) is 0 Å². The average Bonchev–Trinajstić information content (AvgIpc) is 3.01. The number of ether oxygens (including phenoxy) is 2. The molecule has 2 aromatic heterocycles. The Balaban J connectivity index is 1.49. The summed E-state index contributed by atoms with van der Waals surface area (Å²) in [6, 6.07) is 12.8. The molecule has 0 saturated carbocycles. The molecule has 1 atom stereocenters. The van der Waals surface area contributed by atoms with E-state index in [0.29, 0.717) is 19.8 Å². The predicted molar refractivity (Wildman–Crippen MR) is 118 cm³/mol. The average molecular weight is 410 g/mol. The van der Waals surface area contributed by atoms with Gasteiger partial charge in [-0.1, -0.05) is 30.3 Å². The fourth-order valence-electron chi connectivity index (χ4n) is 4.55. The van der Waals surface area contributed by atoms with Crippen LogP contribution >= 0.6 is 11.3 Å². The molecule has 0 aliphatic carbocycles. The Hall–Kier alpha value is -1.99. The van der Waals surface area contributed by atoms with E-state index in [1.54, 1.807) is 11.3 Å². The highest BCUT2D eigenvalue weighted by molar-refractivity contribution is 7.17. The molecule has 152 valence electrons. The molecule has 2 saturated heterocycles. The number of rotatable bonds is 3. The number of fused-ring (bicyclic) bond motifs is 1. The number of anilines is 1. The molecule has 29 heavy (non-hydrogen) atoms. The third-order valence-corrected chi connectivity index (χ3v) is 7.14. The van der Waals surface area contributed by atoms with Crippen LogP contribution in [0, 0.1) is 6.92 Å². The number of thiophene rings is 1. The lowest BCUT2D eigenvalue weighted by molar-refractivity contribution is -0.0972. The van der Waals surface area contributed by atoms with Gasteiger partial charge >= 0.3 is 0 Å². The van der Waals surface area contributed by atoms with E-state index in [0.717, 1.165) is 38.6 Å². The number of benzene rings is 1. The van der Waals surface area contributed by atoms with Gasteiger partial charge < -0.3 is 14.4 Å². The first-order valence-electron chi connectivity index (χ1n) is 10.3. The van der Waals surface area contributed by atoms with Gasteiger partial charge in [0.2, 0.25) is 0 Å². The van der Waals surface area contributed by atoms with Crippen molar-refractivity contribution < 1.29 is 9.47 Å². The lowest BCUT2D eigenvalue weighted by Crippen LogP contribution is -2.63. The minimum atomic E-state index is -0.168. The van der Waals surface area contributed by atoms with Gasteiger partial charge in [0.15, 0.2) is 0 Å². The number of morpholine rings is 1. The van der Waals surface area contributed by atoms with Gasteiger partial charge in [-0.2, -0.15) is 0 Å². The molecule has 1 aromatic carbocycles. The minimum Gasteiger partial charge on any atom is -0.378 e. The van der Waals surface area contributed by atoms with Crippen molar-refractivity contribution in [3.63, 3.8) is 0 Å². The maximum Gasteiger partial charge on any atom is 0.137 e. The maximum absolute atomic E-state index is 6.14. The van der Waals surface area contributed by atoms with Gasteiger partial charge in [-0.25, -0.2) is 4.98 Å². The zero-order valence-electron chi connectivity index (χ0n) is 16.8. The van der Waals surface area contributed by atoms with Gasteiger partial charge in [-0.05, 0) is 29.5 Å². The predicted octanol–water partition coefficient (Wildman–Crippen LogP) is 3.71. The van der Waals surface area contributed by atoms with Crippen molar-refractivity contribution in [2.45, 2.75) is 19.0 Å². The summed E-state index contributed by atoms with van der Waals surface area (Å²) in [5.74, 6) is 1.08. The molecule has 2 fully saturated rings. The Bertz CT molecular complexity index is 977. The SMILES string of the molecule is Cc1csc2ccnc(N3CCOCC4(COCCN4Cc4ccccc4)C3)c12. The van der Waals surface area contributed by atoms with Crippen molar-refractivity contribution >= 4 is 27.2 Å². The molecule has 5 rings (SSSR count). The summed E-state index contributed by atoms with van der Waals surface area (Å²) in [6.07, 6.45) is 1.94. The number of nitrogens with zero attached hydrogens (tertiary/aromatic N) is 3. The van der Waals surface area contributed by atoms with Crippen molar-refractivity contribution in [1.29, 1.82) is 0 Å².